The van der Waals surface area contributed by atoms with Crippen molar-refractivity contribution in [3.05, 3.63) is 63.8 Å². The summed E-state index contributed by atoms with van der Waals surface area (Å²) in [7, 11) is 1.57. The average Bonchev–Trinajstić information content (AvgIpc) is 2.81. The van der Waals surface area contributed by atoms with Gasteiger partial charge < -0.3 is 15.0 Å². The smallest absolute Gasteiger partial charge is 0.269 e. The summed E-state index contributed by atoms with van der Waals surface area (Å²) in [6.07, 6.45) is 4.20. The third-order valence-corrected chi connectivity index (χ3v) is 5.58. The molecule has 4 heterocycles. The van der Waals surface area contributed by atoms with E-state index >= 15 is 0 Å². The Morgan fingerprint density at radius 1 is 1.25 bits per heavy atom. The van der Waals surface area contributed by atoms with Crippen LogP contribution in [0.3, 0.4) is 0 Å². The van der Waals surface area contributed by atoms with Crippen molar-refractivity contribution in [2.45, 2.75) is 46.3 Å². The summed E-state index contributed by atoms with van der Waals surface area (Å²) in [6, 6.07) is 7.43. The Hall–Kier alpha value is -3.26. The Morgan fingerprint density at radius 2 is 2.00 bits per heavy atom. The van der Waals surface area contributed by atoms with Gasteiger partial charge in [-0.05, 0) is 43.2 Å². The molecule has 0 aliphatic carbocycles. The van der Waals surface area contributed by atoms with Gasteiger partial charge in [0.2, 0.25) is 0 Å². The molecule has 170 valence electrons. The molecule has 1 amide bonds. The zero-order chi connectivity index (χ0) is 23.3. The lowest BCUT2D eigenvalue weighted by Gasteiger charge is -2.42. The summed E-state index contributed by atoms with van der Waals surface area (Å²) >= 11 is 0. The van der Waals surface area contributed by atoms with Crippen LogP contribution in [0.4, 0.5) is 0 Å². The number of aromatic amines is 1. The van der Waals surface area contributed by atoms with Crippen LogP contribution in [0, 0.1) is 0 Å². The van der Waals surface area contributed by atoms with Crippen LogP contribution in [0.1, 0.15) is 55.4 Å². The van der Waals surface area contributed by atoms with E-state index < -0.39 is 0 Å². The van der Waals surface area contributed by atoms with Gasteiger partial charge in [-0.3, -0.25) is 19.5 Å². The molecule has 0 aromatic carbocycles. The van der Waals surface area contributed by atoms with E-state index in [1.165, 1.54) is 0 Å². The lowest BCUT2D eigenvalue weighted by atomic mass is 10.0. The summed E-state index contributed by atoms with van der Waals surface area (Å²) in [6.45, 7) is 9.64. The van der Waals surface area contributed by atoms with E-state index in [2.05, 4.69) is 32.1 Å². The fourth-order valence-electron chi connectivity index (χ4n) is 3.61. The number of amides is 1. The molecule has 1 unspecified atom stereocenters. The topological polar surface area (TPSA) is 100 Å². The first kappa shape index (κ1) is 23.4. The van der Waals surface area contributed by atoms with Gasteiger partial charge in [-0.15, -0.1) is 0 Å². The van der Waals surface area contributed by atoms with Crippen LogP contribution >= 0.6 is 0 Å². The van der Waals surface area contributed by atoms with Gasteiger partial charge in [0.1, 0.15) is 17.5 Å². The molecular formula is C24H31N5O3. The highest BCUT2D eigenvalue weighted by atomic mass is 16.5. The van der Waals surface area contributed by atoms with Gasteiger partial charge in [0.15, 0.2) is 0 Å². The van der Waals surface area contributed by atoms with Crippen molar-refractivity contribution in [1.82, 2.24) is 25.2 Å². The molecule has 1 aliphatic heterocycles. The minimum Gasteiger partial charge on any atom is -0.486 e. The SMILES string of the molecule is CC.CCc1cc2ncc(C(C)N3CC(Oc4ccc(C(=O)NC)nc4)C3)cc2[nH]c1=O. The molecule has 32 heavy (non-hydrogen) atoms. The van der Waals surface area contributed by atoms with Crippen molar-refractivity contribution in [3.8, 4) is 5.75 Å². The summed E-state index contributed by atoms with van der Waals surface area (Å²) in [5.41, 5.74) is 3.68. The molecule has 0 saturated carbocycles. The van der Waals surface area contributed by atoms with Crippen LogP contribution < -0.4 is 15.6 Å². The van der Waals surface area contributed by atoms with E-state index in [9.17, 15) is 9.59 Å². The van der Waals surface area contributed by atoms with Crippen LogP contribution in [0.5, 0.6) is 5.75 Å². The molecule has 8 heteroatoms. The Bertz CT molecular complexity index is 1120. The number of rotatable bonds is 6. The Labute approximate surface area is 188 Å². The predicted molar refractivity (Wildman–Crippen MR) is 125 cm³/mol. The quantitative estimate of drug-likeness (QED) is 0.615. The van der Waals surface area contributed by atoms with Crippen molar-refractivity contribution in [3.63, 3.8) is 0 Å². The van der Waals surface area contributed by atoms with E-state index in [0.29, 0.717) is 17.9 Å². The summed E-state index contributed by atoms with van der Waals surface area (Å²) < 4.78 is 5.95. The zero-order valence-corrected chi connectivity index (χ0v) is 19.3. The predicted octanol–water partition coefficient (Wildman–Crippen LogP) is 3.09. The fraction of sp³-hybridized carbons (Fsp3) is 0.417. The Balaban J connectivity index is 0.00000141. The summed E-state index contributed by atoms with van der Waals surface area (Å²) in [4.78, 5) is 37.5. The van der Waals surface area contributed by atoms with E-state index in [1.54, 1.807) is 25.4 Å². The van der Waals surface area contributed by atoms with Crippen molar-refractivity contribution >= 4 is 16.9 Å². The maximum atomic E-state index is 12.1. The number of fused-ring (bicyclic) bond motifs is 1. The molecule has 1 atom stereocenters. The third-order valence-electron chi connectivity index (χ3n) is 5.58. The molecule has 8 nitrogen and oxygen atoms in total. The van der Waals surface area contributed by atoms with E-state index in [1.807, 2.05) is 39.1 Å². The number of nitrogens with zero attached hydrogens (tertiary/aromatic N) is 3. The lowest BCUT2D eigenvalue weighted by molar-refractivity contribution is -0.00545. The van der Waals surface area contributed by atoms with Crippen LogP contribution in [-0.2, 0) is 6.42 Å². The largest absolute Gasteiger partial charge is 0.486 e. The molecule has 2 N–H and O–H groups in total. The first-order valence-corrected chi connectivity index (χ1v) is 11.1. The van der Waals surface area contributed by atoms with Gasteiger partial charge in [-0.1, -0.05) is 20.8 Å². The second kappa shape index (κ2) is 10.4. The average molecular weight is 438 g/mol. The number of ether oxygens (including phenoxy) is 1. The number of carbonyl (C=O) groups is 1. The number of carbonyl (C=O) groups excluding carboxylic acids is 1. The lowest BCUT2D eigenvalue weighted by Crippen LogP contribution is -2.54. The molecule has 3 aromatic rings. The summed E-state index contributed by atoms with van der Waals surface area (Å²) in [5.74, 6) is 0.429. The number of pyridine rings is 3. The molecule has 4 rings (SSSR count). The van der Waals surface area contributed by atoms with Gasteiger partial charge >= 0.3 is 0 Å². The van der Waals surface area contributed by atoms with Crippen molar-refractivity contribution in [2.75, 3.05) is 20.1 Å². The maximum absolute atomic E-state index is 12.1. The summed E-state index contributed by atoms with van der Waals surface area (Å²) in [5, 5.41) is 2.54. The Kier molecular flexibility index (Phi) is 7.58. The Morgan fingerprint density at radius 3 is 2.62 bits per heavy atom. The monoisotopic (exact) mass is 437 g/mol. The number of nitrogens with one attached hydrogen (secondary N) is 2. The third kappa shape index (κ3) is 4.96. The highest BCUT2D eigenvalue weighted by Gasteiger charge is 2.32. The standard InChI is InChI=1S/C22H25N5O3.C2H6/c1-4-14-7-19-20(26-21(14)28)8-15(9-24-19)13(2)27-11-17(12-27)30-16-5-6-18(25-10-16)22(29)23-3;1-2/h5-10,13,17H,4,11-12H2,1-3H3,(H,23,29)(H,26,28);1-2H3. The van der Waals surface area contributed by atoms with Gasteiger partial charge in [0.05, 0.1) is 17.2 Å². The minimum absolute atomic E-state index is 0.0509. The van der Waals surface area contributed by atoms with Gasteiger partial charge in [0, 0.05) is 37.9 Å². The first-order valence-electron chi connectivity index (χ1n) is 11.1. The number of aromatic nitrogens is 3. The molecule has 0 radical (unpaired) electrons. The molecule has 1 aliphatic rings. The highest BCUT2D eigenvalue weighted by molar-refractivity contribution is 5.92. The van der Waals surface area contributed by atoms with Crippen molar-refractivity contribution in [1.29, 1.82) is 0 Å². The van der Waals surface area contributed by atoms with E-state index in [4.69, 9.17) is 4.74 Å². The van der Waals surface area contributed by atoms with Crippen LogP contribution in [-0.4, -0.2) is 52.0 Å². The van der Waals surface area contributed by atoms with Crippen LogP contribution in [0.2, 0.25) is 0 Å². The first-order chi connectivity index (χ1) is 15.5. The number of hydrogen-bond acceptors (Lipinski definition) is 6. The van der Waals surface area contributed by atoms with Gasteiger partial charge in [-0.25, -0.2) is 4.98 Å². The minimum atomic E-state index is -0.221. The van der Waals surface area contributed by atoms with Gasteiger partial charge in [-0.2, -0.15) is 0 Å². The molecule has 1 saturated heterocycles. The number of hydrogen-bond donors (Lipinski definition) is 2. The van der Waals surface area contributed by atoms with E-state index in [-0.39, 0.29) is 23.6 Å². The molecular weight excluding hydrogens is 406 g/mol. The van der Waals surface area contributed by atoms with Gasteiger partial charge in [0.25, 0.3) is 11.5 Å². The van der Waals surface area contributed by atoms with Crippen molar-refractivity contribution in [2.24, 2.45) is 0 Å². The maximum Gasteiger partial charge on any atom is 0.269 e. The number of aryl methyl sites for hydroxylation is 1. The van der Waals surface area contributed by atoms with Crippen LogP contribution in [0.25, 0.3) is 11.0 Å². The highest BCUT2D eigenvalue weighted by Crippen LogP contribution is 2.28. The second-order valence-corrected chi connectivity index (χ2v) is 7.51. The number of likely N-dealkylation sites (tertiary alicyclic amines) is 1. The zero-order valence-electron chi connectivity index (χ0n) is 19.3. The fourth-order valence-corrected chi connectivity index (χ4v) is 3.61. The normalized spacial score (nSPS) is 14.8. The molecule has 0 spiro atoms. The van der Waals surface area contributed by atoms with E-state index in [0.717, 1.165) is 35.2 Å². The molecule has 3 aromatic heterocycles. The molecule has 0 bridgehead atoms. The van der Waals surface area contributed by atoms with Crippen LogP contribution in [0.15, 0.2) is 41.5 Å². The van der Waals surface area contributed by atoms with Crippen molar-refractivity contribution < 1.29 is 9.53 Å². The number of H-pyrrole nitrogens is 1. The molecule has 1 fully saturated rings. The second-order valence-electron chi connectivity index (χ2n) is 7.51.